The number of hydrogen-bond acceptors (Lipinski definition) is 6. The van der Waals surface area contributed by atoms with Crippen LogP contribution < -0.4 is 11.1 Å². The first-order valence-electron chi connectivity index (χ1n) is 20.4. The van der Waals surface area contributed by atoms with Crippen LogP contribution in [0, 0.1) is 56.7 Å². The molecule has 1 unspecified atom stereocenters. The maximum absolute atomic E-state index is 14.6. The van der Waals surface area contributed by atoms with E-state index in [1.807, 2.05) is 0 Å². The first-order chi connectivity index (χ1) is 23.1. The molecule has 0 aromatic carbocycles. The van der Waals surface area contributed by atoms with Crippen molar-refractivity contribution >= 4 is 11.9 Å². The fourth-order valence-electron chi connectivity index (χ4n) is 13.5. The van der Waals surface area contributed by atoms with E-state index in [9.17, 15) is 9.59 Å². The fourth-order valence-corrected chi connectivity index (χ4v) is 13.5. The van der Waals surface area contributed by atoms with Crippen LogP contribution in [0.3, 0.4) is 0 Å². The monoisotopic (exact) mass is 681 g/mol. The number of nitrogens with one attached hydrogen (secondary N) is 1. The molecule has 0 bridgehead atoms. The highest BCUT2D eigenvalue weighted by Gasteiger charge is 2.69. The van der Waals surface area contributed by atoms with E-state index in [4.69, 9.17) is 10.5 Å². The Balaban J connectivity index is 1.18. The van der Waals surface area contributed by atoms with E-state index in [1.54, 1.807) is 12.5 Å². The molecular weight excluding hydrogens is 608 g/mol. The average molecular weight is 681 g/mol. The molecule has 7 nitrogen and oxygen atoms in total. The number of nitrogens with two attached hydrogens (primary N) is 1. The number of carbonyl (C=O) groups is 2. The number of hydrogen-bond donors (Lipinski definition) is 2. The molecule has 7 heteroatoms. The molecule has 0 aromatic heterocycles. The second-order valence-corrected chi connectivity index (χ2v) is 19.2. The molecule has 5 fully saturated rings. The van der Waals surface area contributed by atoms with Crippen LogP contribution in [0.1, 0.15) is 126 Å². The van der Waals surface area contributed by atoms with E-state index >= 15 is 0 Å². The van der Waals surface area contributed by atoms with Crippen molar-refractivity contribution in [1.82, 2.24) is 15.1 Å². The molecule has 1 saturated heterocycles. The normalized spacial score (nSPS) is 43.7. The molecule has 1 aliphatic heterocycles. The quantitative estimate of drug-likeness (QED) is 0.154. The highest BCUT2D eigenvalue weighted by atomic mass is 16.5. The Morgan fingerprint density at radius 2 is 1.55 bits per heavy atom. The van der Waals surface area contributed by atoms with E-state index in [0.717, 1.165) is 110 Å². The molecule has 1 heterocycles. The third kappa shape index (κ3) is 6.15. The first-order valence-corrected chi connectivity index (χ1v) is 20.4. The van der Waals surface area contributed by atoms with Crippen molar-refractivity contribution in [3.8, 4) is 0 Å². The Hall–Kier alpha value is -1.44. The molecule has 3 N–H and O–H groups in total. The number of amides is 1. The van der Waals surface area contributed by atoms with Gasteiger partial charge in [-0.1, -0.05) is 60.1 Å². The van der Waals surface area contributed by atoms with Crippen LogP contribution in [-0.2, 0) is 14.3 Å². The van der Waals surface area contributed by atoms with Gasteiger partial charge in [-0.25, -0.2) is 0 Å². The van der Waals surface area contributed by atoms with Crippen molar-refractivity contribution in [3.05, 3.63) is 11.6 Å². The van der Waals surface area contributed by atoms with Crippen molar-refractivity contribution in [1.29, 1.82) is 0 Å². The molecule has 0 spiro atoms. The third-order valence-corrected chi connectivity index (χ3v) is 16.8. The third-order valence-electron chi connectivity index (χ3n) is 16.8. The van der Waals surface area contributed by atoms with Gasteiger partial charge in [0.05, 0.1) is 5.41 Å². The molecule has 10 atom stereocenters. The van der Waals surface area contributed by atoms with Crippen LogP contribution in [-0.4, -0.2) is 80.1 Å². The predicted octanol–water partition coefficient (Wildman–Crippen LogP) is 7.05. The molecule has 278 valence electrons. The topological polar surface area (TPSA) is 87.9 Å². The van der Waals surface area contributed by atoms with Gasteiger partial charge in [0, 0.05) is 45.1 Å². The Kier molecular flexibility index (Phi) is 10.5. The molecule has 0 aromatic rings. The van der Waals surface area contributed by atoms with Gasteiger partial charge in [0.1, 0.15) is 6.10 Å². The van der Waals surface area contributed by atoms with E-state index in [1.165, 1.54) is 12.8 Å². The van der Waals surface area contributed by atoms with Crippen LogP contribution in [0.5, 0.6) is 0 Å². The number of carbonyl (C=O) groups excluding carboxylic acids is 2. The maximum atomic E-state index is 14.6. The maximum Gasteiger partial charge on any atom is 0.302 e. The molecule has 6 rings (SSSR count). The fraction of sp³-hybridized carbons (Fsp3) is 0.905. The van der Waals surface area contributed by atoms with Gasteiger partial charge in [0.2, 0.25) is 5.91 Å². The predicted molar refractivity (Wildman–Crippen MR) is 199 cm³/mol. The lowest BCUT2D eigenvalue weighted by Crippen LogP contribution is -2.66. The van der Waals surface area contributed by atoms with Gasteiger partial charge < -0.3 is 25.6 Å². The smallest absolute Gasteiger partial charge is 0.302 e. The number of ether oxygens (including phenoxy) is 1. The van der Waals surface area contributed by atoms with Crippen molar-refractivity contribution in [3.63, 3.8) is 0 Å². The summed E-state index contributed by atoms with van der Waals surface area (Å²) in [6.45, 7) is 27.4. The zero-order valence-electron chi connectivity index (χ0n) is 32.7. The number of nitrogens with zero attached hydrogens (tertiary/aromatic N) is 2. The van der Waals surface area contributed by atoms with Crippen LogP contribution >= 0.6 is 0 Å². The van der Waals surface area contributed by atoms with Gasteiger partial charge in [-0.05, 0) is 136 Å². The zero-order chi connectivity index (χ0) is 35.4. The molecule has 0 radical (unpaired) electrons. The minimum absolute atomic E-state index is 0.00720. The van der Waals surface area contributed by atoms with E-state index in [2.05, 4.69) is 69.7 Å². The number of piperazine rings is 1. The number of fused-ring (bicyclic) bond motifs is 7. The van der Waals surface area contributed by atoms with Gasteiger partial charge >= 0.3 is 5.97 Å². The van der Waals surface area contributed by atoms with Gasteiger partial charge in [0.25, 0.3) is 0 Å². The summed E-state index contributed by atoms with van der Waals surface area (Å²) in [5.74, 6) is 2.82. The lowest BCUT2D eigenvalue weighted by atomic mass is 9.33. The molecule has 49 heavy (non-hydrogen) atoms. The van der Waals surface area contributed by atoms with E-state index in [0.29, 0.717) is 35.5 Å². The molecule has 4 saturated carbocycles. The number of rotatable bonds is 9. The summed E-state index contributed by atoms with van der Waals surface area (Å²) in [6, 6.07) is 0. The van der Waals surface area contributed by atoms with Crippen LogP contribution in [0.4, 0.5) is 0 Å². The average Bonchev–Trinajstić information content (AvgIpc) is 3.05. The summed E-state index contributed by atoms with van der Waals surface area (Å²) in [5.41, 5.74) is 7.58. The largest absolute Gasteiger partial charge is 0.462 e. The molecule has 6 aliphatic rings. The SMILES string of the molecule is CC(=O)O[C@H]1CC[C@@]2(C)C(CC[C@]3(C)[C@@H]2CC=C2[C@@H]4[C@@H](C)[C@H](C)CC[C@]4(C(=O)NCCCN4CCN(CCCN)CC4)CC[C@]23C)C1(C)C. The lowest BCUT2D eigenvalue weighted by Gasteiger charge is -2.71. The summed E-state index contributed by atoms with van der Waals surface area (Å²) in [6.07, 6.45) is 14.8. The van der Waals surface area contributed by atoms with Crippen LogP contribution in [0.25, 0.3) is 0 Å². The molecular formula is C42H72N4O3. The van der Waals surface area contributed by atoms with Crippen molar-refractivity contribution in [2.45, 2.75) is 132 Å². The summed E-state index contributed by atoms with van der Waals surface area (Å²) >= 11 is 0. The molecule has 5 aliphatic carbocycles. The van der Waals surface area contributed by atoms with Gasteiger partial charge in [-0.3, -0.25) is 9.59 Å². The summed E-state index contributed by atoms with van der Waals surface area (Å²) < 4.78 is 5.97. The van der Waals surface area contributed by atoms with Crippen LogP contribution in [0.2, 0.25) is 0 Å². The standard InChI is InChI=1S/C42H72N4O3/c1-29-13-18-42(37(48)44-22-10-24-46-27-25-45(26-28-46)23-9-21-43)20-19-40(7)32(36(42)30(29)2)11-12-34-39(6)16-15-35(49-31(3)47)38(4,5)33(39)14-17-41(34,40)8/h11,29-30,33-36H,9-10,12-28,43H2,1-8H3,(H,44,48)/t29-,30+,33?,34-,35+,36+,39+,40-,41-,42+/m1/s1. The van der Waals surface area contributed by atoms with E-state index < -0.39 is 0 Å². The van der Waals surface area contributed by atoms with Gasteiger partial charge in [-0.2, -0.15) is 0 Å². The Morgan fingerprint density at radius 1 is 0.878 bits per heavy atom. The second-order valence-electron chi connectivity index (χ2n) is 19.2. The Labute approximate surface area is 299 Å². The Morgan fingerprint density at radius 3 is 2.20 bits per heavy atom. The summed E-state index contributed by atoms with van der Waals surface area (Å²) in [4.78, 5) is 31.7. The minimum atomic E-state index is -0.278. The Bertz CT molecular complexity index is 1260. The van der Waals surface area contributed by atoms with Crippen LogP contribution in [0.15, 0.2) is 11.6 Å². The van der Waals surface area contributed by atoms with Crippen molar-refractivity contribution in [2.24, 2.45) is 62.4 Å². The number of allylic oxidation sites excluding steroid dienone is 2. The van der Waals surface area contributed by atoms with Crippen molar-refractivity contribution in [2.75, 3.05) is 52.4 Å². The number of esters is 1. The first kappa shape index (κ1) is 37.3. The highest BCUT2D eigenvalue weighted by molar-refractivity contribution is 5.84. The molecule has 1 amide bonds. The van der Waals surface area contributed by atoms with E-state index in [-0.39, 0.29) is 39.1 Å². The lowest BCUT2D eigenvalue weighted by molar-refractivity contribution is -0.212. The van der Waals surface area contributed by atoms with Gasteiger partial charge in [0.15, 0.2) is 0 Å². The zero-order valence-corrected chi connectivity index (χ0v) is 32.7. The minimum Gasteiger partial charge on any atom is -0.462 e. The summed E-state index contributed by atoms with van der Waals surface area (Å²) in [7, 11) is 0. The van der Waals surface area contributed by atoms with Crippen molar-refractivity contribution < 1.29 is 14.3 Å². The summed E-state index contributed by atoms with van der Waals surface area (Å²) in [5, 5.41) is 3.54. The van der Waals surface area contributed by atoms with Gasteiger partial charge in [-0.15, -0.1) is 0 Å². The highest BCUT2D eigenvalue weighted by Crippen LogP contribution is 2.75. The second kappa shape index (κ2) is 13.8.